The van der Waals surface area contributed by atoms with E-state index in [9.17, 15) is 10.1 Å². The first kappa shape index (κ1) is 12.6. The molecule has 1 heterocycles. The molecule has 100 valence electrons. The Hall–Kier alpha value is -2.47. The van der Waals surface area contributed by atoms with Crippen molar-refractivity contribution in [2.24, 2.45) is 0 Å². The van der Waals surface area contributed by atoms with E-state index in [1.807, 2.05) is 18.2 Å². The fourth-order valence-electron chi connectivity index (χ4n) is 2.25. The maximum absolute atomic E-state index is 10.9. The van der Waals surface area contributed by atoms with Crippen molar-refractivity contribution in [3.05, 3.63) is 51.0 Å². The van der Waals surface area contributed by atoms with Gasteiger partial charge in [-0.25, -0.2) is 0 Å². The molecule has 2 aromatic carbocycles. The van der Waals surface area contributed by atoms with Gasteiger partial charge >= 0.3 is 0 Å². The highest BCUT2D eigenvalue weighted by atomic mass is 32.1. The third-order valence-corrected chi connectivity index (χ3v) is 3.65. The van der Waals surface area contributed by atoms with Gasteiger partial charge in [-0.2, -0.15) is 0 Å². The Morgan fingerprint density at radius 2 is 2.05 bits per heavy atom. The monoisotopic (exact) mass is 286 g/mol. The first-order chi connectivity index (χ1) is 9.61. The molecule has 1 aromatic heterocycles. The number of nitrogens with zero attached hydrogens (tertiary/aromatic N) is 1. The van der Waals surface area contributed by atoms with Crippen molar-refractivity contribution in [3.63, 3.8) is 0 Å². The average Bonchev–Trinajstić information content (AvgIpc) is 2.46. The molecule has 0 bridgehead atoms. The van der Waals surface area contributed by atoms with Crippen LogP contribution in [0, 0.1) is 14.6 Å². The average molecular weight is 286 g/mol. The minimum absolute atomic E-state index is 0.0254. The van der Waals surface area contributed by atoms with E-state index in [0.29, 0.717) is 15.8 Å². The molecule has 0 saturated carbocycles. The smallest absolute Gasteiger partial charge is 0.271 e. The molecule has 20 heavy (non-hydrogen) atoms. The summed E-state index contributed by atoms with van der Waals surface area (Å²) in [5.74, 6) is 0.655. The zero-order valence-electron chi connectivity index (χ0n) is 10.5. The first-order valence-electron chi connectivity index (χ1n) is 5.89. The molecule has 0 fully saturated rings. The van der Waals surface area contributed by atoms with Crippen LogP contribution in [0.25, 0.3) is 21.8 Å². The summed E-state index contributed by atoms with van der Waals surface area (Å²) in [6, 6.07) is 10.2. The van der Waals surface area contributed by atoms with Crippen LogP contribution in [-0.2, 0) is 0 Å². The second-order valence-electron chi connectivity index (χ2n) is 4.32. The second-order valence-corrected chi connectivity index (χ2v) is 4.73. The van der Waals surface area contributed by atoms with Crippen LogP contribution in [0.5, 0.6) is 5.75 Å². The predicted molar refractivity (Wildman–Crippen MR) is 79.8 cm³/mol. The van der Waals surface area contributed by atoms with Gasteiger partial charge in [0.1, 0.15) is 5.75 Å². The van der Waals surface area contributed by atoms with Crippen LogP contribution in [0.2, 0.25) is 0 Å². The van der Waals surface area contributed by atoms with Crippen molar-refractivity contribution in [1.82, 2.24) is 4.98 Å². The van der Waals surface area contributed by atoms with Crippen molar-refractivity contribution in [2.45, 2.75) is 0 Å². The molecule has 1 N–H and O–H groups in total. The van der Waals surface area contributed by atoms with Crippen LogP contribution in [-0.4, -0.2) is 17.0 Å². The number of non-ortho nitro benzene ring substituents is 1. The first-order valence-corrected chi connectivity index (χ1v) is 6.30. The molecule has 3 aromatic rings. The van der Waals surface area contributed by atoms with Gasteiger partial charge in [-0.15, -0.1) is 0 Å². The highest BCUT2D eigenvalue weighted by Gasteiger charge is 2.10. The second kappa shape index (κ2) is 4.57. The van der Waals surface area contributed by atoms with Crippen molar-refractivity contribution < 1.29 is 9.66 Å². The summed E-state index contributed by atoms with van der Waals surface area (Å²) in [7, 11) is 1.57. The van der Waals surface area contributed by atoms with Crippen molar-refractivity contribution in [2.75, 3.05) is 7.11 Å². The Labute approximate surface area is 119 Å². The van der Waals surface area contributed by atoms with Gasteiger partial charge in [0, 0.05) is 22.9 Å². The van der Waals surface area contributed by atoms with Crippen LogP contribution < -0.4 is 4.74 Å². The lowest BCUT2D eigenvalue weighted by molar-refractivity contribution is -0.384. The molecule has 0 aliphatic carbocycles. The molecule has 5 nitrogen and oxygen atoms in total. The van der Waals surface area contributed by atoms with Crippen LogP contribution in [0.15, 0.2) is 36.4 Å². The number of benzene rings is 2. The number of aromatic amines is 1. The van der Waals surface area contributed by atoms with Gasteiger partial charge in [-0.3, -0.25) is 10.1 Å². The van der Waals surface area contributed by atoms with Gasteiger partial charge < -0.3 is 9.72 Å². The number of nitrogens with one attached hydrogen (secondary N) is 1. The van der Waals surface area contributed by atoms with Crippen LogP contribution >= 0.6 is 12.2 Å². The van der Waals surface area contributed by atoms with Crippen LogP contribution in [0.1, 0.15) is 0 Å². The number of para-hydroxylation sites is 1. The summed E-state index contributed by atoms with van der Waals surface area (Å²) in [4.78, 5) is 13.6. The Morgan fingerprint density at radius 1 is 1.25 bits per heavy atom. The summed E-state index contributed by atoms with van der Waals surface area (Å²) >= 11 is 5.47. The number of hydrogen-bond acceptors (Lipinski definition) is 4. The Kier molecular flexibility index (Phi) is 2.87. The number of methoxy groups -OCH3 is 1. The van der Waals surface area contributed by atoms with Gasteiger partial charge in [0.15, 0.2) is 0 Å². The van der Waals surface area contributed by atoms with E-state index in [1.54, 1.807) is 13.2 Å². The molecule has 3 rings (SSSR count). The van der Waals surface area contributed by atoms with Crippen molar-refractivity contribution in [1.29, 1.82) is 0 Å². The van der Waals surface area contributed by atoms with E-state index in [2.05, 4.69) is 4.98 Å². The number of nitro groups is 1. The Balaban J connectivity index is 2.48. The molecule has 0 radical (unpaired) electrons. The molecule has 0 aliphatic rings. The number of nitro benzene ring substituents is 1. The van der Waals surface area contributed by atoms with E-state index >= 15 is 0 Å². The van der Waals surface area contributed by atoms with E-state index < -0.39 is 4.92 Å². The Morgan fingerprint density at radius 3 is 2.75 bits per heavy atom. The topological polar surface area (TPSA) is 68.2 Å². The molecule has 0 aliphatic heterocycles. The zero-order valence-corrected chi connectivity index (χ0v) is 11.4. The Bertz CT molecular complexity index is 902. The predicted octanol–water partition coefficient (Wildman–Crippen LogP) is 3.97. The minimum atomic E-state index is -0.428. The number of aromatic nitrogens is 1. The maximum atomic E-state index is 10.9. The summed E-state index contributed by atoms with van der Waals surface area (Å²) in [6.45, 7) is 0. The molecule has 0 spiro atoms. The molecule has 6 heteroatoms. The highest BCUT2D eigenvalue weighted by molar-refractivity contribution is 7.72. The summed E-state index contributed by atoms with van der Waals surface area (Å²) in [5, 5.41) is 12.5. The lowest BCUT2D eigenvalue weighted by Gasteiger charge is -2.08. The standard InChI is InChI=1S/C14H10N2O3S/c1-19-12-4-2-3-10-13(12)15-11-7-8(16(17)18)5-6-9(11)14(10)20/h2-7H,1H3,(H,15,20). The normalized spacial score (nSPS) is 10.8. The van der Waals surface area contributed by atoms with Gasteiger partial charge in [0.25, 0.3) is 5.69 Å². The third kappa shape index (κ3) is 1.81. The van der Waals surface area contributed by atoms with Crippen molar-refractivity contribution >= 4 is 39.7 Å². The fraction of sp³-hybridized carbons (Fsp3) is 0.0714. The summed E-state index contributed by atoms with van der Waals surface area (Å²) < 4.78 is 5.95. The van der Waals surface area contributed by atoms with Gasteiger partial charge in [0.05, 0.1) is 27.6 Å². The molecule has 0 unspecified atom stereocenters. The quantitative estimate of drug-likeness (QED) is 0.335. The van der Waals surface area contributed by atoms with Gasteiger partial charge in [-0.05, 0) is 12.1 Å². The van der Waals surface area contributed by atoms with E-state index in [1.165, 1.54) is 12.1 Å². The van der Waals surface area contributed by atoms with Crippen LogP contribution in [0.3, 0.4) is 0 Å². The number of rotatable bonds is 2. The third-order valence-electron chi connectivity index (χ3n) is 3.21. The maximum Gasteiger partial charge on any atom is 0.271 e. The summed E-state index contributed by atoms with van der Waals surface area (Å²) in [5.41, 5.74) is 1.39. The van der Waals surface area contributed by atoms with E-state index in [-0.39, 0.29) is 5.69 Å². The van der Waals surface area contributed by atoms with Gasteiger partial charge in [0.2, 0.25) is 0 Å². The fourth-order valence-corrected chi connectivity index (χ4v) is 2.59. The minimum Gasteiger partial charge on any atom is -0.495 e. The number of pyridine rings is 1. The molecule has 0 atom stereocenters. The van der Waals surface area contributed by atoms with E-state index in [4.69, 9.17) is 17.0 Å². The lowest BCUT2D eigenvalue weighted by atomic mass is 10.1. The lowest BCUT2D eigenvalue weighted by Crippen LogP contribution is -1.92. The van der Waals surface area contributed by atoms with Gasteiger partial charge in [-0.1, -0.05) is 24.4 Å². The molecule has 0 amide bonds. The number of H-pyrrole nitrogens is 1. The number of hydrogen-bond donors (Lipinski definition) is 1. The largest absolute Gasteiger partial charge is 0.495 e. The molecular weight excluding hydrogens is 276 g/mol. The SMILES string of the molecule is COc1cccc2c(=S)c3ccc([N+](=O)[O-])cc3[nH]c12. The van der Waals surface area contributed by atoms with E-state index in [0.717, 1.165) is 16.3 Å². The molecular formula is C14H10N2O3S. The van der Waals surface area contributed by atoms with Crippen LogP contribution in [0.4, 0.5) is 5.69 Å². The number of fused-ring (bicyclic) bond motifs is 2. The number of ether oxygens (including phenoxy) is 1. The molecule has 0 saturated heterocycles. The summed E-state index contributed by atoms with van der Waals surface area (Å²) in [6.07, 6.45) is 0. The highest BCUT2D eigenvalue weighted by Crippen LogP contribution is 2.30. The zero-order chi connectivity index (χ0) is 14.3. The van der Waals surface area contributed by atoms with Crippen molar-refractivity contribution in [3.8, 4) is 5.75 Å².